The fraction of sp³-hybridized carbons (Fsp3) is 0.160. The van der Waals surface area contributed by atoms with Gasteiger partial charge in [0, 0.05) is 28.3 Å². The Morgan fingerprint density at radius 3 is 2.42 bits per heavy atom. The normalized spacial score (nSPS) is 12.1. The first-order valence-corrected chi connectivity index (χ1v) is 13.3. The average molecular weight is 547 g/mol. The number of rotatable bonds is 5. The number of aromatic nitrogens is 3. The zero-order valence-electron chi connectivity index (χ0n) is 19.5. The van der Waals surface area contributed by atoms with Gasteiger partial charge in [-0.1, -0.05) is 57.2 Å². The van der Waals surface area contributed by atoms with Crippen LogP contribution in [0.5, 0.6) is 0 Å². The van der Waals surface area contributed by atoms with Gasteiger partial charge in [-0.3, -0.25) is 0 Å². The molecule has 0 atom stereocenters. The van der Waals surface area contributed by atoms with Crippen LogP contribution in [-0.4, -0.2) is 23.4 Å². The van der Waals surface area contributed by atoms with Crippen LogP contribution in [0.1, 0.15) is 31.6 Å². The van der Waals surface area contributed by atoms with E-state index >= 15 is 4.39 Å². The van der Waals surface area contributed by atoms with Crippen molar-refractivity contribution in [1.29, 1.82) is 0 Å². The molecule has 2 heterocycles. The molecule has 0 fully saturated rings. The number of nitrogens with zero attached hydrogens (tertiary/aromatic N) is 3. The summed E-state index contributed by atoms with van der Waals surface area (Å²) < 4.78 is 53.2. The molecule has 4 rings (SSSR count). The molecular weight excluding hydrogens is 526 g/mol. The Morgan fingerprint density at radius 2 is 1.78 bits per heavy atom. The van der Waals surface area contributed by atoms with Crippen molar-refractivity contribution in [3.05, 3.63) is 76.7 Å². The van der Waals surface area contributed by atoms with Crippen LogP contribution < -0.4 is 5.14 Å². The number of benzene rings is 2. The highest BCUT2D eigenvalue weighted by Gasteiger charge is 2.27. The van der Waals surface area contributed by atoms with E-state index in [0.717, 1.165) is 11.1 Å². The Kier molecular flexibility index (Phi) is 6.82. The lowest BCUT2D eigenvalue weighted by Gasteiger charge is -2.14. The van der Waals surface area contributed by atoms with Crippen LogP contribution >= 0.6 is 22.9 Å². The molecule has 0 amide bonds. The van der Waals surface area contributed by atoms with Crippen LogP contribution in [0.25, 0.3) is 39.0 Å². The Balaban J connectivity index is 1.99. The monoisotopic (exact) mass is 546 g/mol. The minimum Gasteiger partial charge on any atom is -0.240 e. The summed E-state index contributed by atoms with van der Waals surface area (Å²) in [5.41, 5.74) is 0.980. The van der Waals surface area contributed by atoms with Gasteiger partial charge in [0.2, 0.25) is 10.0 Å². The second kappa shape index (κ2) is 9.44. The summed E-state index contributed by atoms with van der Waals surface area (Å²) in [5.74, 6) is -1.74. The number of sulfonamides is 1. The van der Waals surface area contributed by atoms with Gasteiger partial charge in [0.15, 0.2) is 11.6 Å². The fourth-order valence-corrected chi connectivity index (χ4v) is 5.55. The van der Waals surface area contributed by atoms with Gasteiger partial charge in [-0.25, -0.2) is 37.3 Å². The molecule has 36 heavy (non-hydrogen) atoms. The maximum absolute atomic E-state index is 15.2. The minimum absolute atomic E-state index is 0.0624. The smallest absolute Gasteiger partial charge is 0.240 e. The van der Waals surface area contributed by atoms with Gasteiger partial charge in [-0.05, 0) is 24.3 Å². The predicted molar refractivity (Wildman–Crippen MR) is 139 cm³/mol. The quantitative estimate of drug-likeness (QED) is 0.310. The van der Waals surface area contributed by atoms with Gasteiger partial charge in [0.25, 0.3) is 0 Å². The molecule has 0 unspecified atom stereocenters. The number of primary sulfonamides is 1. The predicted octanol–water partition coefficient (Wildman–Crippen LogP) is 6.45. The van der Waals surface area contributed by atoms with E-state index in [2.05, 4.69) is 16.5 Å². The largest absolute Gasteiger partial charge is 0.241 e. The van der Waals surface area contributed by atoms with Crippen molar-refractivity contribution in [1.82, 2.24) is 15.0 Å². The molecule has 11 heteroatoms. The molecule has 0 aliphatic heterocycles. The molecule has 0 radical (unpaired) electrons. The molecule has 0 saturated carbocycles. The van der Waals surface area contributed by atoms with E-state index in [4.69, 9.17) is 21.7 Å². The Hall–Kier alpha value is -3.05. The van der Waals surface area contributed by atoms with E-state index in [-0.39, 0.29) is 21.6 Å². The summed E-state index contributed by atoms with van der Waals surface area (Å²) in [6, 6.07) is 7.91. The average Bonchev–Trinajstić information content (AvgIpc) is 3.26. The number of hydrogen-bond acceptors (Lipinski definition) is 6. The lowest BCUT2D eigenvalue weighted by atomic mass is 9.97. The Bertz CT molecular complexity index is 1610. The van der Waals surface area contributed by atoms with Crippen LogP contribution in [0.15, 0.2) is 54.1 Å². The first kappa shape index (κ1) is 26.0. The van der Waals surface area contributed by atoms with Crippen molar-refractivity contribution in [3.63, 3.8) is 0 Å². The zero-order valence-corrected chi connectivity index (χ0v) is 21.9. The van der Waals surface area contributed by atoms with Crippen molar-refractivity contribution in [2.24, 2.45) is 5.14 Å². The highest BCUT2D eigenvalue weighted by atomic mass is 35.5. The van der Waals surface area contributed by atoms with Crippen LogP contribution in [-0.2, 0) is 15.4 Å². The number of nitrogens with two attached hydrogens (primary N) is 1. The van der Waals surface area contributed by atoms with Gasteiger partial charge in [0.05, 0.1) is 26.3 Å². The Labute approximate surface area is 216 Å². The summed E-state index contributed by atoms with van der Waals surface area (Å²) in [4.78, 5) is 13.3. The zero-order chi connectivity index (χ0) is 26.4. The van der Waals surface area contributed by atoms with E-state index in [9.17, 15) is 12.8 Å². The van der Waals surface area contributed by atoms with Gasteiger partial charge in [-0.2, -0.15) is 0 Å². The molecule has 6 nitrogen and oxygen atoms in total. The highest BCUT2D eigenvalue weighted by Crippen LogP contribution is 2.45. The molecule has 4 aromatic rings. The number of hydrogen-bond donors (Lipinski definition) is 1. The van der Waals surface area contributed by atoms with E-state index < -0.39 is 26.6 Å². The van der Waals surface area contributed by atoms with Crippen molar-refractivity contribution in [2.75, 3.05) is 0 Å². The summed E-state index contributed by atoms with van der Waals surface area (Å²) in [6.45, 7) is 9.77. The summed E-state index contributed by atoms with van der Waals surface area (Å²) in [5, 5.41) is 5.96. The van der Waals surface area contributed by atoms with E-state index in [0.29, 0.717) is 33.7 Å². The molecule has 0 saturated heterocycles. The summed E-state index contributed by atoms with van der Waals surface area (Å²) >= 11 is 8.19. The van der Waals surface area contributed by atoms with Crippen molar-refractivity contribution >= 4 is 39.0 Å². The SMILES string of the molecule is C=Cc1nccc(-c2sc(C(C)(C)C)nc2-c2cccc(-c3cc(F)cc(S(N)(=O)=O)c3F)c2Cl)n1. The number of thiazole rings is 1. The summed E-state index contributed by atoms with van der Waals surface area (Å²) in [7, 11) is -4.52. The lowest BCUT2D eigenvalue weighted by Crippen LogP contribution is -2.15. The molecule has 2 N–H and O–H groups in total. The second-order valence-corrected chi connectivity index (χ2v) is 11.8. The minimum atomic E-state index is -4.52. The molecule has 0 aliphatic rings. The van der Waals surface area contributed by atoms with Gasteiger partial charge in [-0.15, -0.1) is 11.3 Å². The standard InChI is InChI=1S/C25H21ClF2N4O2S2/c1-5-19-30-10-9-17(31-19)23-22(32-24(35-23)25(2,3)4)15-8-6-7-14(20(15)26)16-11-13(27)12-18(21(16)28)36(29,33)34/h5-12H,1H2,2-4H3,(H2,29,33,34). The van der Waals surface area contributed by atoms with Crippen LogP contribution in [0.2, 0.25) is 5.02 Å². The van der Waals surface area contributed by atoms with E-state index in [1.54, 1.807) is 24.4 Å². The van der Waals surface area contributed by atoms with Crippen LogP contribution in [0.4, 0.5) is 8.78 Å². The van der Waals surface area contributed by atoms with E-state index in [1.807, 2.05) is 20.8 Å². The summed E-state index contributed by atoms with van der Waals surface area (Å²) in [6.07, 6.45) is 3.13. The third kappa shape index (κ3) is 4.94. The Morgan fingerprint density at radius 1 is 1.08 bits per heavy atom. The van der Waals surface area contributed by atoms with E-state index in [1.165, 1.54) is 23.5 Å². The first-order valence-electron chi connectivity index (χ1n) is 10.6. The highest BCUT2D eigenvalue weighted by molar-refractivity contribution is 7.89. The van der Waals surface area contributed by atoms with Crippen molar-refractivity contribution in [3.8, 4) is 33.0 Å². The molecule has 186 valence electrons. The second-order valence-electron chi connectivity index (χ2n) is 8.93. The van der Waals surface area contributed by atoms with Gasteiger partial charge in [0.1, 0.15) is 10.7 Å². The molecule has 0 spiro atoms. The fourth-order valence-electron chi connectivity index (χ4n) is 3.49. The van der Waals surface area contributed by atoms with Gasteiger partial charge < -0.3 is 0 Å². The maximum atomic E-state index is 15.2. The molecule has 2 aromatic carbocycles. The third-order valence-corrected chi connectivity index (χ3v) is 8.03. The molecular formula is C25H21ClF2N4O2S2. The lowest BCUT2D eigenvalue weighted by molar-refractivity contribution is 0.556. The molecule has 2 aromatic heterocycles. The third-order valence-electron chi connectivity index (χ3n) is 5.21. The van der Waals surface area contributed by atoms with Crippen molar-refractivity contribution < 1.29 is 17.2 Å². The first-order chi connectivity index (χ1) is 16.8. The van der Waals surface area contributed by atoms with Crippen molar-refractivity contribution in [2.45, 2.75) is 31.1 Å². The van der Waals surface area contributed by atoms with Gasteiger partial charge >= 0.3 is 0 Å². The topological polar surface area (TPSA) is 98.8 Å². The molecule has 0 bridgehead atoms. The van der Waals surface area contributed by atoms with Crippen LogP contribution in [0.3, 0.4) is 0 Å². The molecule has 0 aliphatic carbocycles. The number of halogens is 3. The van der Waals surface area contributed by atoms with Crippen LogP contribution in [0, 0.1) is 11.6 Å². The maximum Gasteiger partial charge on any atom is 0.241 e.